The van der Waals surface area contributed by atoms with Gasteiger partial charge in [-0.2, -0.15) is 0 Å². The number of rotatable bonds is 7. The smallest absolute Gasteiger partial charge is 0.0465 e. The number of hydrogen-bond acceptors (Lipinski definition) is 1. The molecule has 70 heavy (non-hydrogen) atoms. The molecule has 10 aromatic carbocycles. The molecule has 0 aromatic heterocycles. The van der Waals surface area contributed by atoms with Gasteiger partial charge in [0, 0.05) is 33.3 Å². The normalized spacial score (nSPS) is 14.8. The van der Waals surface area contributed by atoms with Crippen molar-refractivity contribution in [2.45, 2.75) is 57.8 Å². The molecule has 1 nitrogen and oxygen atoms in total. The van der Waals surface area contributed by atoms with Gasteiger partial charge in [0.25, 0.3) is 0 Å². The first-order valence-corrected chi connectivity index (χ1v) is 24.9. The molecular formula is C69H55N. The number of hydrogen-bond donors (Lipinski definition) is 0. The van der Waals surface area contributed by atoms with Gasteiger partial charge in [0.05, 0.1) is 0 Å². The van der Waals surface area contributed by atoms with Gasteiger partial charge in [-0.3, -0.25) is 0 Å². The van der Waals surface area contributed by atoms with Crippen LogP contribution in [0.15, 0.2) is 224 Å². The largest absolute Gasteiger partial charge is 0.310 e. The van der Waals surface area contributed by atoms with Gasteiger partial charge in [0.15, 0.2) is 0 Å². The van der Waals surface area contributed by atoms with Gasteiger partial charge in [-0.15, -0.1) is 0 Å². The molecule has 0 saturated carbocycles. The zero-order valence-electron chi connectivity index (χ0n) is 40.8. The maximum Gasteiger partial charge on any atom is 0.0465 e. The minimum Gasteiger partial charge on any atom is -0.310 e. The molecule has 0 aliphatic heterocycles. The molecule has 336 valence electrons. The first-order chi connectivity index (χ1) is 34.0. The van der Waals surface area contributed by atoms with Crippen LogP contribution in [0, 0.1) is 0 Å². The minimum absolute atomic E-state index is 0.133. The molecule has 0 unspecified atom stereocenters. The lowest BCUT2D eigenvalue weighted by molar-refractivity contribution is 0.660. The van der Waals surface area contributed by atoms with Gasteiger partial charge in [0.2, 0.25) is 0 Å². The molecule has 0 saturated heterocycles. The van der Waals surface area contributed by atoms with E-state index in [1.165, 1.54) is 123 Å². The van der Waals surface area contributed by atoms with E-state index < -0.39 is 0 Å². The van der Waals surface area contributed by atoms with Crippen LogP contribution in [0.25, 0.3) is 77.9 Å². The van der Waals surface area contributed by atoms with Crippen LogP contribution in [0.3, 0.4) is 0 Å². The van der Waals surface area contributed by atoms with E-state index in [0.717, 1.165) is 5.69 Å². The predicted octanol–water partition coefficient (Wildman–Crippen LogP) is 18.7. The van der Waals surface area contributed by atoms with E-state index in [4.69, 9.17) is 0 Å². The molecule has 1 heteroatoms. The highest BCUT2D eigenvalue weighted by atomic mass is 15.1. The average molecular weight is 898 g/mol. The molecule has 0 heterocycles. The lowest BCUT2D eigenvalue weighted by Crippen LogP contribution is -2.19. The van der Waals surface area contributed by atoms with Crippen molar-refractivity contribution in [1.29, 1.82) is 0 Å². The number of fused-ring (bicyclic) bond motifs is 9. The van der Waals surface area contributed by atoms with Crippen LogP contribution in [0.4, 0.5) is 17.1 Å². The first-order valence-electron chi connectivity index (χ1n) is 24.9. The summed E-state index contributed by atoms with van der Waals surface area (Å²) in [7, 11) is 0. The van der Waals surface area contributed by atoms with E-state index in [0.29, 0.717) is 0 Å². The molecule has 0 N–H and O–H groups in total. The van der Waals surface area contributed by atoms with Crippen molar-refractivity contribution in [2.24, 2.45) is 0 Å². The summed E-state index contributed by atoms with van der Waals surface area (Å²) in [6, 6.07) is 84.1. The van der Waals surface area contributed by atoms with Crippen LogP contribution in [0.5, 0.6) is 0 Å². The van der Waals surface area contributed by atoms with Crippen molar-refractivity contribution in [3.8, 4) is 77.9 Å². The summed E-state index contributed by atoms with van der Waals surface area (Å²) in [6.07, 6.45) is 0. The van der Waals surface area contributed by atoms with Crippen LogP contribution in [0.2, 0.25) is 0 Å². The van der Waals surface area contributed by atoms with Crippen molar-refractivity contribution >= 4 is 17.1 Å². The number of anilines is 3. The molecule has 0 radical (unpaired) electrons. The molecule has 0 bridgehead atoms. The maximum atomic E-state index is 2.53. The Kier molecular flexibility index (Phi) is 9.33. The fourth-order valence-corrected chi connectivity index (χ4v) is 12.6. The van der Waals surface area contributed by atoms with Crippen LogP contribution < -0.4 is 4.90 Å². The van der Waals surface area contributed by atoms with Gasteiger partial charge < -0.3 is 4.90 Å². The Labute approximate surface area is 413 Å². The third-order valence-corrected chi connectivity index (χ3v) is 16.3. The van der Waals surface area contributed by atoms with E-state index in [1.54, 1.807) is 0 Å². The fraction of sp³-hybridized carbons (Fsp3) is 0.130. The molecule has 0 amide bonds. The van der Waals surface area contributed by atoms with Gasteiger partial charge >= 0.3 is 0 Å². The molecule has 10 aromatic rings. The summed E-state index contributed by atoms with van der Waals surface area (Å²) in [5.74, 6) is 0. The quantitative estimate of drug-likeness (QED) is 0.154. The molecule has 0 spiro atoms. The second-order valence-electron chi connectivity index (χ2n) is 21.3. The molecule has 0 fully saturated rings. The highest BCUT2D eigenvalue weighted by molar-refractivity contribution is 5.99. The molecule has 0 atom stereocenters. The van der Waals surface area contributed by atoms with Crippen LogP contribution in [-0.4, -0.2) is 0 Å². The van der Waals surface area contributed by atoms with Gasteiger partial charge in [-0.25, -0.2) is 0 Å². The summed E-state index contributed by atoms with van der Waals surface area (Å²) in [5.41, 5.74) is 29.0. The number of nitrogens with zero attached hydrogens (tertiary/aromatic N) is 1. The topological polar surface area (TPSA) is 3.24 Å². The zero-order valence-corrected chi connectivity index (χ0v) is 40.8. The highest BCUT2D eigenvalue weighted by Gasteiger charge is 2.41. The lowest BCUT2D eigenvalue weighted by Gasteiger charge is -2.31. The second-order valence-corrected chi connectivity index (χ2v) is 21.3. The third kappa shape index (κ3) is 6.31. The Balaban J connectivity index is 0.962. The average Bonchev–Trinajstić information content (AvgIpc) is 3.88. The first kappa shape index (κ1) is 42.1. The fourth-order valence-electron chi connectivity index (χ4n) is 12.6. The van der Waals surface area contributed by atoms with E-state index in [-0.39, 0.29) is 16.2 Å². The van der Waals surface area contributed by atoms with Crippen LogP contribution >= 0.6 is 0 Å². The van der Waals surface area contributed by atoms with Gasteiger partial charge in [0.1, 0.15) is 0 Å². The second kappa shape index (κ2) is 15.5. The predicted molar refractivity (Wildman–Crippen MR) is 296 cm³/mol. The van der Waals surface area contributed by atoms with Crippen molar-refractivity contribution in [3.05, 3.63) is 258 Å². The van der Waals surface area contributed by atoms with E-state index in [9.17, 15) is 0 Å². The van der Waals surface area contributed by atoms with Crippen molar-refractivity contribution in [1.82, 2.24) is 0 Å². The monoisotopic (exact) mass is 897 g/mol. The highest BCUT2D eigenvalue weighted by Crippen LogP contribution is 2.58. The lowest BCUT2D eigenvalue weighted by atomic mass is 9.77. The van der Waals surface area contributed by atoms with E-state index >= 15 is 0 Å². The Morgan fingerprint density at radius 1 is 0.243 bits per heavy atom. The standard InChI is InChI=1S/C69H55N/c1-67(2)60-23-15-13-21-55(60)57-36-33-50(41-62(57)67)70(51-34-37-58-56-22-14-16-24-61(56)68(3,4)63(58)42-51)52-35-38-59-64(43-52)69(5,6)66-54(48-19-11-8-12-20-48)40-39-53(65(59)66)49-31-29-47(30-32-49)46-27-25-45(26-28-46)44-17-9-7-10-18-44/h7-43H,1-6H3. The summed E-state index contributed by atoms with van der Waals surface area (Å²) < 4.78 is 0. The zero-order chi connectivity index (χ0) is 47.5. The van der Waals surface area contributed by atoms with Crippen molar-refractivity contribution in [3.63, 3.8) is 0 Å². The Bertz CT molecular complexity index is 3590. The Morgan fingerprint density at radius 3 is 1.06 bits per heavy atom. The van der Waals surface area contributed by atoms with Crippen LogP contribution in [-0.2, 0) is 16.2 Å². The van der Waals surface area contributed by atoms with Crippen molar-refractivity contribution < 1.29 is 0 Å². The maximum absolute atomic E-state index is 2.53. The van der Waals surface area contributed by atoms with Gasteiger partial charge in [-0.1, -0.05) is 230 Å². The molecule has 3 aliphatic rings. The van der Waals surface area contributed by atoms with Crippen LogP contribution in [0.1, 0.15) is 74.9 Å². The summed E-state index contributed by atoms with van der Waals surface area (Å²) in [4.78, 5) is 2.53. The Hall–Kier alpha value is -8.00. The summed E-state index contributed by atoms with van der Waals surface area (Å²) in [6.45, 7) is 14.4. The SMILES string of the molecule is CC1(C)c2ccccc2-c2ccc(N(c3ccc4c(c3)C(C)(C)c3ccccc3-4)c3ccc4c(c3)C(C)(C)c3c(-c5ccccc5)ccc(-c5ccc(-c6ccc(-c7ccccc7)cc6)cc5)c3-4)cc21. The van der Waals surface area contributed by atoms with E-state index in [1.807, 2.05) is 0 Å². The molecule has 13 rings (SSSR count). The minimum atomic E-state index is -0.308. The summed E-state index contributed by atoms with van der Waals surface area (Å²) >= 11 is 0. The number of benzene rings is 10. The third-order valence-electron chi connectivity index (χ3n) is 16.3. The van der Waals surface area contributed by atoms with E-state index in [2.05, 4.69) is 271 Å². The Morgan fingerprint density at radius 2 is 0.571 bits per heavy atom. The van der Waals surface area contributed by atoms with Gasteiger partial charge in [-0.05, 0) is 148 Å². The molecule has 3 aliphatic carbocycles. The molecular weight excluding hydrogens is 843 g/mol. The van der Waals surface area contributed by atoms with Crippen molar-refractivity contribution in [2.75, 3.05) is 4.90 Å². The summed E-state index contributed by atoms with van der Waals surface area (Å²) in [5, 5.41) is 0.